The molecule has 3 rings (SSSR count). The fraction of sp³-hybridized carbons (Fsp3) is 0.0625. The van der Waals surface area contributed by atoms with Gasteiger partial charge in [-0.3, -0.25) is 15.1 Å². The van der Waals surface area contributed by atoms with E-state index in [0.29, 0.717) is 0 Å². The van der Waals surface area contributed by atoms with E-state index in [-0.39, 0.29) is 5.69 Å². The third kappa shape index (κ3) is 2.12. The normalized spacial score (nSPS) is 10.7. The van der Waals surface area contributed by atoms with Crippen molar-refractivity contribution in [1.82, 2.24) is 4.98 Å². The Hall–Kier alpha value is -2.75. The molecule has 0 aliphatic carbocycles. The van der Waals surface area contributed by atoms with Gasteiger partial charge in [-0.1, -0.05) is 24.3 Å². The minimum Gasteiger partial charge on any atom is -0.258 e. The SMILES string of the molecule is Cc1cc2ccccc2c(-c2ccc([N+](=O)[O-])cc2)n1. The number of hydrogen-bond acceptors (Lipinski definition) is 3. The third-order valence-electron chi connectivity index (χ3n) is 3.22. The first-order chi connectivity index (χ1) is 9.65. The highest BCUT2D eigenvalue weighted by molar-refractivity contribution is 5.94. The van der Waals surface area contributed by atoms with Crippen LogP contribution in [0, 0.1) is 17.0 Å². The van der Waals surface area contributed by atoms with Crippen molar-refractivity contribution in [2.24, 2.45) is 0 Å². The van der Waals surface area contributed by atoms with Crippen molar-refractivity contribution in [3.05, 3.63) is 70.4 Å². The van der Waals surface area contributed by atoms with Crippen molar-refractivity contribution in [3.8, 4) is 11.3 Å². The second-order valence-corrected chi connectivity index (χ2v) is 4.64. The molecule has 0 aliphatic heterocycles. The number of aryl methyl sites for hydroxylation is 1. The first-order valence-electron chi connectivity index (χ1n) is 6.26. The third-order valence-corrected chi connectivity index (χ3v) is 3.22. The Bertz CT molecular complexity index is 795. The predicted molar refractivity (Wildman–Crippen MR) is 78.6 cm³/mol. The van der Waals surface area contributed by atoms with Crippen LogP contribution in [0.1, 0.15) is 5.69 Å². The maximum atomic E-state index is 10.7. The van der Waals surface area contributed by atoms with E-state index in [1.54, 1.807) is 12.1 Å². The maximum absolute atomic E-state index is 10.7. The largest absolute Gasteiger partial charge is 0.269 e. The average Bonchev–Trinajstić information content (AvgIpc) is 2.46. The summed E-state index contributed by atoms with van der Waals surface area (Å²) in [5, 5.41) is 12.9. The Morgan fingerprint density at radius 1 is 1.05 bits per heavy atom. The van der Waals surface area contributed by atoms with Gasteiger partial charge < -0.3 is 0 Å². The van der Waals surface area contributed by atoms with Crippen molar-refractivity contribution in [2.45, 2.75) is 6.92 Å². The molecule has 4 nitrogen and oxygen atoms in total. The lowest BCUT2D eigenvalue weighted by Gasteiger charge is -2.07. The molecule has 0 bridgehead atoms. The van der Waals surface area contributed by atoms with Crippen LogP contribution in [0.25, 0.3) is 22.0 Å². The highest BCUT2D eigenvalue weighted by atomic mass is 16.6. The number of benzene rings is 2. The van der Waals surface area contributed by atoms with Crippen LogP contribution in [-0.2, 0) is 0 Å². The molecule has 2 aromatic carbocycles. The molecule has 0 saturated carbocycles. The topological polar surface area (TPSA) is 56.0 Å². The van der Waals surface area contributed by atoms with Gasteiger partial charge in [-0.25, -0.2) is 0 Å². The van der Waals surface area contributed by atoms with Gasteiger partial charge in [0.2, 0.25) is 0 Å². The summed E-state index contributed by atoms with van der Waals surface area (Å²) < 4.78 is 0. The van der Waals surface area contributed by atoms with E-state index in [1.807, 2.05) is 37.3 Å². The molecule has 0 saturated heterocycles. The summed E-state index contributed by atoms with van der Waals surface area (Å²) in [6.07, 6.45) is 0. The van der Waals surface area contributed by atoms with E-state index >= 15 is 0 Å². The zero-order chi connectivity index (χ0) is 14.1. The van der Waals surface area contributed by atoms with Gasteiger partial charge in [0.15, 0.2) is 0 Å². The molecule has 4 heteroatoms. The minimum atomic E-state index is -0.397. The smallest absolute Gasteiger partial charge is 0.258 e. The van der Waals surface area contributed by atoms with Crippen LogP contribution < -0.4 is 0 Å². The van der Waals surface area contributed by atoms with Crippen molar-refractivity contribution < 1.29 is 4.92 Å². The molecule has 98 valence electrons. The fourth-order valence-electron chi connectivity index (χ4n) is 2.29. The van der Waals surface area contributed by atoms with Crippen molar-refractivity contribution in [3.63, 3.8) is 0 Å². The molecule has 0 amide bonds. The van der Waals surface area contributed by atoms with Crippen LogP contribution in [-0.4, -0.2) is 9.91 Å². The van der Waals surface area contributed by atoms with E-state index in [2.05, 4.69) is 4.98 Å². The van der Waals surface area contributed by atoms with Gasteiger partial charge in [0.05, 0.1) is 10.6 Å². The monoisotopic (exact) mass is 264 g/mol. The number of non-ortho nitro benzene ring substituents is 1. The van der Waals surface area contributed by atoms with Crippen molar-refractivity contribution >= 4 is 16.5 Å². The lowest BCUT2D eigenvalue weighted by Crippen LogP contribution is -1.91. The molecular weight excluding hydrogens is 252 g/mol. The van der Waals surface area contributed by atoms with Gasteiger partial charge >= 0.3 is 0 Å². The van der Waals surface area contributed by atoms with E-state index in [0.717, 1.165) is 27.7 Å². The van der Waals surface area contributed by atoms with Crippen LogP contribution >= 0.6 is 0 Å². The Morgan fingerprint density at radius 2 is 1.75 bits per heavy atom. The summed E-state index contributed by atoms with van der Waals surface area (Å²) in [5.74, 6) is 0. The summed E-state index contributed by atoms with van der Waals surface area (Å²) in [4.78, 5) is 14.9. The number of nitro benzene ring substituents is 1. The van der Waals surface area contributed by atoms with Gasteiger partial charge in [0.1, 0.15) is 0 Å². The summed E-state index contributed by atoms with van der Waals surface area (Å²) in [5.41, 5.74) is 2.76. The van der Waals surface area contributed by atoms with Crippen molar-refractivity contribution in [2.75, 3.05) is 0 Å². The van der Waals surface area contributed by atoms with Gasteiger partial charge in [-0.15, -0.1) is 0 Å². The second-order valence-electron chi connectivity index (χ2n) is 4.64. The summed E-state index contributed by atoms with van der Waals surface area (Å²) in [6.45, 7) is 1.95. The van der Waals surface area contributed by atoms with Gasteiger partial charge in [-0.2, -0.15) is 0 Å². The standard InChI is InChI=1S/C16H12N2O2/c1-11-10-13-4-2-3-5-15(13)16(17-11)12-6-8-14(9-7-12)18(19)20/h2-10H,1H3. The molecule has 20 heavy (non-hydrogen) atoms. The lowest BCUT2D eigenvalue weighted by molar-refractivity contribution is -0.384. The molecule has 0 aliphatic rings. The zero-order valence-corrected chi connectivity index (χ0v) is 10.9. The Kier molecular flexibility index (Phi) is 2.91. The van der Waals surface area contributed by atoms with Crippen LogP contribution in [0.15, 0.2) is 54.6 Å². The highest BCUT2D eigenvalue weighted by Crippen LogP contribution is 2.28. The summed E-state index contributed by atoms with van der Waals surface area (Å²) >= 11 is 0. The molecule has 3 aromatic rings. The van der Waals surface area contributed by atoms with Gasteiger partial charge in [0.25, 0.3) is 5.69 Å². The molecular formula is C16H12N2O2. The van der Waals surface area contributed by atoms with Crippen LogP contribution in [0.2, 0.25) is 0 Å². The van der Waals surface area contributed by atoms with Gasteiger partial charge in [-0.05, 0) is 30.5 Å². The highest BCUT2D eigenvalue weighted by Gasteiger charge is 2.09. The van der Waals surface area contributed by atoms with E-state index in [1.165, 1.54) is 12.1 Å². The Labute approximate surface area is 115 Å². The quantitative estimate of drug-likeness (QED) is 0.516. The molecule has 0 radical (unpaired) electrons. The minimum absolute atomic E-state index is 0.0886. The number of hydrogen-bond donors (Lipinski definition) is 0. The number of rotatable bonds is 2. The van der Waals surface area contributed by atoms with Crippen LogP contribution in [0.4, 0.5) is 5.69 Å². The maximum Gasteiger partial charge on any atom is 0.269 e. The molecule has 0 fully saturated rings. The van der Waals surface area contributed by atoms with E-state index in [9.17, 15) is 10.1 Å². The lowest BCUT2D eigenvalue weighted by atomic mass is 10.0. The van der Waals surface area contributed by atoms with E-state index in [4.69, 9.17) is 0 Å². The Morgan fingerprint density at radius 3 is 2.45 bits per heavy atom. The summed E-state index contributed by atoms with van der Waals surface area (Å²) in [6, 6.07) is 16.5. The van der Waals surface area contributed by atoms with Crippen molar-refractivity contribution in [1.29, 1.82) is 0 Å². The number of fused-ring (bicyclic) bond motifs is 1. The number of aromatic nitrogens is 1. The van der Waals surface area contributed by atoms with Crippen LogP contribution in [0.5, 0.6) is 0 Å². The molecule has 0 atom stereocenters. The number of pyridine rings is 1. The average molecular weight is 264 g/mol. The van der Waals surface area contributed by atoms with Gasteiger partial charge in [0, 0.05) is 28.8 Å². The fourth-order valence-corrected chi connectivity index (χ4v) is 2.29. The summed E-state index contributed by atoms with van der Waals surface area (Å²) in [7, 11) is 0. The number of nitrogens with zero attached hydrogens (tertiary/aromatic N) is 2. The predicted octanol–water partition coefficient (Wildman–Crippen LogP) is 4.12. The molecule has 0 unspecified atom stereocenters. The molecule has 0 spiro atoms. The first kappa shape index (κ1) is 12.3. The van der Waals surface area contributed by atoms with Crippen LogP contribution in [0.3, 0.4) is 0 Å². The Balaban J connectivity index is 2.20. The first-order valence-corrected chi connectivity index (χ1v) is 6.26. The number of nitro groups is 1. The second kappa shape index (κ2) is 4.74. The molecule has 1 heterocycles. The van der Waals surface area contributed by atoms with E-state index < -0.39 is 4.92 Å². The molecule has 1 aromatic heterocycles. The molecule has 0 N–H and O–H groups in total. The zero-order valence-electron chi connectivity index (χ0n) is 10.9.